The first-order chi connectivity index (χ1) is 14.6. The number of ether oxygens (including phenoxy) is 2. The van der Waals surface area contributed by atoms with Crippen LogP contribution in [0, 0.1) is 6.92 Å². The van der Waals surface area contributed by atoms with E-state index in [0.29, 0.717) is 12.2 Å². The molecule has 5 rings (SSSR count). The number of nitrogens with zero attached hydrogens (tertiary/aromatic N) is 1. The predicted octanol–water partition coefficient (Wildman–Crippen LogP) is 4.56. The molecule has 0 aliphatic carbocycles. The summed E-state index contributed by atoms with van der Waals surface area (Å²) >= 11 is 0. The Labute approximate surface area is 176 Å². The van der Waals surface area contributed by atoms with Crippen LogP contribution in [0.15, 0.2) is 53.3 Å². The Balaban J connectivity index is 1.29. The van der Waals surface area contributed by atoms with Crippen LogP contribution in [0.25, 0.3) is 10.9 Å². The van der Waals surface area contributed by atoms with E-state index >= 15 is 0 Å². The number of para-hydroxylation sites is 1. The third kappa shape index (κ3) is 3.58. The summed E-state index contributed by atoms with van der Waals surface area (Å²) in [5.74, 6) is 0.818. The van der Waals surface area contributed by atoms with Crippen LogP contribution in [0.4, 0.5) is 5.69 Å². The number of pyridine rings is 1. The number of hydrogen-bond acceptors (Lipinski definition) is 4. The second kappa shape index (κ2) is 7.80. The van der Waals surface area contributed by atoms with Crippen LogP contribution in [0.3, 0.4) is 0 Å². The molecule has 1 spiro atoms. The third-order valence-corrected chi connectivity index (χ3v) is 6.68. The maximum atomic E-state index is 12.6. The Bertz CT molecular complexity index is 1100. The van der Waals surface area contributed by atoms with Gasteiger partial charge < -0.3 is 19.4 Å². The molecule has 2 aliphatic rings. The van der Waals surface area contributed by atoms with Crippen LogP contribution in [0.1, 0.15) is 36.9 Å². The Morgan fingerprint density at radius 3 is 2.73 bits per heavy atom. The Hall–Kier alpha value is -2.79. The highest BCUT2D eigenvalue weighted by molar-refractivity contribution is 5.79. The van der Waals surface area contributed by atoms with Crippen molar-refractivity contribution in [2.45, 2.75) is 44.8 Å². The minimum absolute atomic E-state index is 0.0630. The molecule has 30 heavy (non-hydrogen) atoms. The van der Waals surface area contributed by atoms with E-state index in [1.54, 1.807) is 0 Å². The molecule has 0 saturated carbocycles. The number of rotatable bonds is 4. The van der Waals surface area contributed by atoms with E-state index in [4.69, 9.17) is 9.47 Å². The van der Waals surface area contributed by atoms with Crippen LogP contribution in [-0.2, 0) is 11.3 Å². The first kappa shape index (κ1) is 19.2. The lowest BCUT2D eigenvalue weighted by Gasteiger charge is -2.39. The van der Waals surface area contributed by atoms with Gasteiger partial charge in [-0.05, 0) is 56.9 Å². The molecule has 3 aromatic rings. The molecule has 0 atom stereocenters. The van der Waals surface area contributed by atoms with Gasteiger partial charge in [0.25, 0.3) is 0 Å². The van der Waals surface area contributed by atoms with Crippen molar-refractivity contribution in [3.63, 3.8) is 0 Å². The average molecular weight is 405 g/mol. The molecule has 0 amide bonds. The van der Waals surface area contributed by atoms with E-state index in [-0.39, 0.29) is 11.0 Å². The number of H-pyrrole nitrogens is 1. The number of anilines is 1. The molecular weight excluding hydrogens is 376 g/mol. The number of nitrogens with one attached hydrogen (secondary N) is 1. The van der Waals surface area contributed by atoms with E-state index in [2.05, 4.69) is 22.0 Å². The standard InChI is InChI=1S/C25H28N2O3/c1-18-23(26-22-9-3-2-8-21(22)24(18)28)17-29-20-7-4-6-19(16-20)27-13-11-25(12-14-27)10-5-15-30-25/h2-4,6-9,16H,5,10-15,17H2,1H3,(H,26,28). The number of piperidine rings is 1. The van der Waals surface area contributed by atoms with Crippen LogP contribution in [0.2, 0.25) is 0 Å². The number of benzene rings is 2. The van der Waals surface area contributed by atoms with Crippen molar-refractivity contribution in [3.05, 3.63) is 70.0 Å². The van der Waals surface area contributed by atoms with E-state index in [0.717, 1.165) is 54.9 Å². The van der Waals surface area contributed by atoms with Crippen LogP contribution < -0.4 is 15.1 Å². The molecule has 0 bridgehead atoms. The van der Waals surface area contributed by atoms with Gasteiger partial charge in [-0.15, -0.1) is 0 Å². The first-order valence-electron chi connectivity index (χ1n) is 10.9. The smallest absolute Gasteiger partial charge is 0.192 e. The number of fused-ring (bicyclic) bond motifs is 1. The van der Waals surface area contributed by atoms with Gasteiger partial charge in [0.05, 0.1) is 11.3 Å². The highest BCUT2D eigenvalue weighted by Crippen LogP contribution is 2.37. The fourth-order valence-electron chi connectivity index (χ4n) is 4.78. The largest absolute Gasteiger partial charge is 0.487 e. The molecule has 5 nitrogen and oxygen atoms in total. The molecule has 5 heteroatoms. The van der Waals surface area contributed by atoms with E-state index < -0.39 is 0 Å². The molecule has 2 fully saturated rings. The van der Waals surface area contributed by atoms with E-state index in [9.17, 15) is 4.79 Å². The van der Waals surface area contributed by atoms with Crippen LogP contribution >= 0.6 is 0 Å². The van der Waals surface area contributed by atoms with Gasteiger partial charge in [-0.1, -0.05) is 18.2 Å². The van der Waals surface area contributed by atoms with E-state index in [1.165, 1.54) is 18.5 Å². The molecule has 0 radical (unpaired) electrons. The lowest BCUT2D eigenvalue weighted by atomic mass is 9.88. The lowest BCUT2D eigenvalue weighted by molar-refractivity contribution is -0.0146. The zero-order valence-corrected chi connectivity index (χ0v) is 17.4. The molecule has 1 aromatic heterocycles. The predicted molar refractivity (Wildman–Crippen MR) is 119 cm³/mol. The molecule has 2 aliphatic heterocycles. The zero-order chi connectivity index (χ0) is 20.6. The number of aromatic amines is 1. The number of hydrogen-bond donors (Lipinski definition) is 1. The zero-order valence-electron chi connectivity index (χ0n) is 17.4. The molecule has 156 valence electrons. The Morgan fingerprint density at radius 2 is 1.93 bits per heavy atom. The van der Waals surface area contributed by atoms with Gasteiger partial charge in [-0.2, -0.15) is 0 Å². The van der Waals surface area contributed by atoms with Gasteiger partial charge in [-0.25, -0.2) is 0 Å². The van der Waals surface area contributed by atoms with Gasteiger partial charge in [0.15, 0.2) is 5.43 Å². The van der Waals surface area contributed by atoms with Crippen molar-refractivity contribution in [3.8, 4) is 5.75 Å². The maximum absolute atomic E-state index is 12.6. The maximum Gasteiger partial charge on any atom is 0.192 e. The summed E-state index contributed by atoms with van der Waals surface area (Å²) in [5.41, 5.74) is 3.75. The Kier molecular flexibility index (Phi) is 4.99. The van der Waals surface area contributed by atoms with Crippen LogP contribution in [0.5, 0.6) is 5.75 Å². The first-order valence-corrected chi connectivity index (χ1v) is 10.9. The van der Waals surface area contributed by atoms with Gasteiger partial charge in [-0.3, -0.25) is 4.79 Å². The second-order valence-corrected chi connectivity index (χ2v) is 8.51. The van der Waals surface area contributed by atoms with Gasteiger partial charge in [0, 0.05) is 47.9 Å². The van der Waals surface area contributed by atoms with Crippen molar-refractivity contribution in [1.29, 1.82) is 0 Å². The highest BCUT2D eigenvalue weighted by Gasteiger charge is 2.38. The van der Waals surface area contributed by atoms with Crippen molar-refractivity contribution in [2.75, 3.05) is 24.6 Å². The topological polar surface area (TPSA) is 54.6 Å². The summed E-state index contributed by atoms with van der Waals surface area (Å²) in [6.07, 6.45) is 4.58. The van der Waals surface area contributed by atoms with Gasteiger partial charge in [0.2, 0.25) is 0 Å². The minimum atomic E-state index is 0.0630. The van der Waals surface area contributed by atoms with Crippen molar-refractivity contribution in [1.82, 2.24) is 4.98 Å². The van der Waals surface area contributed by atoms with Crippen molar-refractivity contribution >= 4 is 16.6 Å². The number of aromatic nitrogens is 1. The van der Waals surface area contributed by atoms with Gasteiger partial charge >= 0.3 is 0 Å². The summed E-state index contributed by atoms with van der Waals surface area (Å²) in [6.45, 7) is 5.14. The Morgan fingerprint density at radius 1 is 1.10 bits per heavy atom. The molecule has 1 N–H and O–H groups in total. The highest BCUT2D eigenvalue weighted by atomic mass is 16.5. The quantitative estimate of drug-likeness (QED) is 0.692. The summed E-state index contributed by atoms with van der Waals surface area (Å²) < 4.78 is 12.1. The molecular formula is C25H28N2O3. The lowest BCUT2D eigenvalue weighted by Crippen LogP contribution is -2.44. The normalized spacial score (nSPS) is 18.2. The fraction of sp³-hybridized carbons (Fsp3) is 0.400. The fourth-order valence-corrected chi connectivity index (χ4v) is 4.78. The molecule has 2 aromatic carbocycles. The second-order valence-electron chi connectivity index (χ2n) is 8.51. The van der Waals surface area contributed by atoms with Crippen LogP contribution in [-0.4, -0.2) is 30.3 Å². The average Bonchev–Trinajstić information content (AvgIpc) is 3.24. The van der Waals surface area contributed by atoms with Crippen molar-refractivity contribution in [2.24, 2.45) is 0 Å². The van der Waals surface area contributed by atoms with Crippen molar-refractivity contribution < 1.29 is 9.47 Å². The summed E-state index contributed by atoms with van der Waals surface area (Å²) in [4.78, 5) is 18.4. The molecule has 0 unspecified atom stereocenters. The minimum Gasteiger partial charge on any atom is -0.487 e. The van der Waals surface area contributed by atoms with Gasteiger partial charge in [0.1, 0.15) is 12.4 Å². The monoisotopic (exact) mass is 404 g/mol. The SMILES string of the molecule is Cc1c(COc2cccc(N3CCC4(CCCO4)CC3)c2)[nH]c2ccccc2c1=O. The third-order valence-electron chi connectivity index (χ3n) is 6.68. The summed E-state index contributed by atoms with van der Waals surface area (Å²) in [5, 5.41) is 0.717. The summed E-state index contributed by atoms with van der Waals surface area (Å²) in [6, 6.07) is 15.9. The molecule has 3 heterocycles. The molecule has 2 saturated heterocycles. The summed E-state index contributed by atoms with van der Waals surface area (Å²) in [7, 11) is 0. The van der Waals surface area contributed by atoms with E-state index in [1.807, 2.05) is 43.3 Å².